The predicted octanol–water partition coefficient (Wildman–Crippen LogP) is 4.63. The van der Waals surface area contributed by atoms with Gasteiger partial charge in [0.2, 0.25) is 5.91 Å². The number of nitrogens with zero attached hydrogens (tertiary/aromatic N) is 3. The molecule has 0 fully saturated rings. The fourth-order valence-electron chi connectivity index (χ4n) is 2.95. The number of halogens is 2. The maximum Gasteiger partial charge on any atom is 0.277 e. The van der Waals surface area contributed by atoms with Gasteiger partial charge in [-0.2, -0.15) is 5.10 Å². The van der Waals surface area contributed by atoms with Crippen LogP contribution in [0.5, 0.6) is 0 Å². The van der Waals surface area contributed by atoms with E-state index < -0.39 is 5.91 Å². The van der Waals surface area contributed by atoms with E-state index in [9.17, 15) is 9.59 Å². The summed E-state index contributed by atoms with van der Waals surface area (Å²) in [5, 5.41) is 11.2. The first kappa shape index (κ1) is 19.9. The molecule has 0 spiro atoms. The number of carbonyl (C=O) groups excluding carboxylic acids is 2. The van der Waals surface area contributed by atoms with Crippen molar-refractivity contribution in [2.24, 2.45) is 0 Å². The van der Waals surface area contributed by atoms with Crippen LogP contribution in [0.4, 0.5) is 11.5 Å². The molecule has 30 heavy (non-hydrogen) atoms. The molecule has 0 atom stereocenters. The first-order valence-corrected chi connectivity index (χ1v) is 9.70. The molecule has 0 saturated carbocycles. The van der Waals surface area contributed by atoms with Crippen molar-refractivity contribution in [1.82, 2.24) is 14.8 Å². The summed E-state index contributed by atoms with van der Waals surface area (Å²) in [7, 11) is 0. The number of carbonyl (C=O) groups is 2. The molecular weight excluding hydrogens is 425 g/mol. The summed E-state index contributed by atoms with van der Waals surface area (Å²) in [6, 6.07) is 17.2. The van der Waals surface area contributed by atoms with Crippen molar-refractivity contribution in [2.45, 2.75) is 6.54 Å². The van der Waals surface area contributed by atoms with Crippen LogP contribution in [-0.2, 0) is 11.3 Å². The van der Waals surface area contributed by atoms with Crippen molar-refractivity contribution in [2.75, 3.05) is 10.6 Å². The van der Waals surface area contributed by atoms with Gasteiger partial charge in [0.25, 0.3) is 5.91 Å². The highest BCUT2D eigenvalue weighted by atomic mass is 35.5. The number of rotatable bonds is 5. The van der Waals surface area contributed by atoms with Crippen LogP contribution < -0.4 is 10.6 Å². The number of pyridine rings is 1. The molecule has 0 bridgehead atoms. The zero-order valence-corrected chi connectivity index (χ0v) is 17.0. The molecule has 0 radical (unpaired) electrons. The topological polar surface area (TPSA) is 88.9 Å². The lowest BCUT2D eigenvalue weighted by atomic mass is 10.2. The Balaban J connectivity index is 1.59. The van der Waals surface area contributed by atoms with Crippen LogP contribution in [0.1, 0.15) is 10.5 Å². The number of nitrogens with one attached hydrogen (secondary N) is 2. The number of hydrogen-bond acceptors (Lipinski definition) is 4. The van der Waals surface area contributed by atoms with Crippen molar-refractivity contribution in [3.05, 3.63) is 82.6 Å². The van der Waals surface area contributed by atoms with E-state index in [4.69, 9.17) is 23.2 Å². The predicted molar refractivity (Wildman–Crippen MR) is 117 cm³/mol. The average Bonchev–Trinajstić information content (AvgIpc) is 3.10. The summed E-state index contributed by atoms with van der Waals surface area (Å²) in [5.74, 6) is -0.361. The molecule has 0 aliphatic heterocycles. The molecule has 2 heterocycles. The Morgan fingerprint density at radius 2 is 1.77 bits per heavy atom. The zero-order valence-electron chi connectivity index (χ0n) is 15.5. The number of anilines is 2. The van der Waals surface area contributed by atoms with Crippen molar-refractivity contribution < 1.29 is 9.59 Å². The highest BCUT2D eigenvalue weighted by Gasteiger charge is 2.19. The maximum atomic E-state index is 12.7. The highest BCUT2D eigenvalue weighted by molar-refractivity contribution is 6.35. The first-order chi connectivity index (χ1) is 14.5. The van der Waals surface area contributed by atoms with Gasteiger partial charge in [0.15, 0.2) is 5.69 Å². The maximum absolute atomic E-state index is 12.7. The fourth-order valence-corrected chi connectivity index (χ4v) is 3.28. The normalized spacial score (nSPS) is 10.7. The van der Waals surface area contributed by atoms with Gasteiger partial charge < -0.3 is 10.6 Å². The van der Waals surface area contributed by atoms with E-state index >= 15 is 0 Å². The number of para-hydroxylation sites is 1. The van der Waals surface area contributed by atoms with Crippen molar-refractivity contribution in [1.29, 1.82) is 0 Å². The summed E-state index contributed by atoms with van der Waals surface area (Å²) >= 11 is 12.1. The lowest BCUT2D eigenvalue weighted by Crippen LogP contribution is -2.20. The van der Waals surface area contributed by atoms with E-state index in [0.29, 0.717) is 32.5 Å². The third kappa shape index (κ3) is 4.27. The van der Waals surface area contributed by atoms with Gasteiger partial charge >= 0.3 is 0 Å². The second-order valence-electron chi connectivity index (χ2n) is 6.36. The summed E-state index contributed by atoms with van der Waals surface area (Å²) in [4.78, 5) is 29.4. The van der Waals surface area contributed by atoms with Gasteiger partial charge in [0.1, 0.15) is 12.4 Å². The van der Waals surface area contributed by atoms with Crippen LogP contribution in [0.25, 0.3) is 10.9 Å². The van der Waals surface area contributed by atoms with E-state index in [1.54, 1.807) is 60.8 Å². The molecular formula is C21H15Cl2N5O2. The average molecular weight is 440 g/mol. The lowest BCUT2D eigenvalue weighted by Gasteiger charge is -2.08. The Morgan fingerprint density at radius 3 is 2.57 bits per heavy atom. The minimum atomic E-state index is -0.415. The third-order valence-electron chi connectivity index (χ3n) is 4.28. The molecule has 4 rings (SSSR count). The van der Waals surface area contributed by atoms with Crippen LogP contribution in [-0.4, -0.2) is 26.6 Å². The number of hydrogen-bond donors (Lipinski definition) is 2. The van der Waals surface area contributed by atoms with Crippen LogP contribution in [0.2, 0.25) is 10.0 Å². The fraction of sp³-hybridized carbons (Fsp3) is 0.0476. The summed E-state index contributed by atoms with van der Waals surface area (Å²) in [5.41, 5.74) is 1.25. The molecule has 2 aromatic carbocycles. The Kier molecular flexibility index (Phi) is 5.65. The molecule has 2 aromatic heterocycles. The summed E-state index contributed by atoms with van der Waals surface area (Å²) in [6.07, 6.45) is 1.58. The molecule has 0 unspecified atom stereocenters. The number of fused-ring (bicyclic) bond motifs is 1. The first-order valence-electron chi connectivity index (χ1n) is 8.94. The van der Waals surface area contributed by atoms with Crippen molar-refractivity contribution in [3.63, 3.8) is 0 Å². The van der Waals surface area contributed by atoms with Gasteiger partial charge in [-0.15, -0.1) is 0 Å². The zero-order chi connectivity index (χ0) is 21.1. The van der Waals surface area contributed by atoms with Crippen LogP contribution in [0.3, 0.4) is 0 Å². The van der Waals surface area contributed by atoms with Crippen molar-refractivity contribution >= 4 is 57.4 Å². The van der Waals surface area contributed by atoms with Gasteiger partial charge in [-0.3, -0.25) is 14.3 Å². The molecule has 2 N–H and O–H groups in total. The van der Waals surface area contributed by atoms with E-state index in [1.165, 1.54) is 4.68 Å². The van der Waals surface area contributed by atoms with Gasteiger partial charge in [-0.25, -0.2) is 4.98 Å². The largest absolute Gasteiger partial charge is 0.323 e. The van der Waals surface area contributed by atoms with Crippen LogP contribution in [0, 0.1) is 0 Å². The van der Waals surface area contributed by atoms with Gasteiger partial charge in [-0.1, -0.05) is 47.5 Å². The minimum absolute atomic E-state index is 0.111. The number of benzene rings is 2. The van der Waals surface area contributed by atoms with E-state index in [-0.39, 0.29) is 18.1 Å². The van der Waals surface area contributed by atoms with E-state index in [1.807, 2.05) is 6.07 Å². The molecule has 2 amide bonds. The smallest absolute Gasteiger partial charge is 0.277 e. The second kappa shape index (κ2) is 8.52. The number of amides is 2. The molecule has 9 heteroatoms. The second-order valence-corrected chi connectivity index (χ2v) is 7.21. The molecule has 0 aliphatic carbocycles. The summed E-state index contributed by atoms with van der Waals surface area (Å²) < 4.78 is 1.47. The molecule has 4 aromatic rings. The van der Waals surface area contributed by atoms with Crippen molar-refractivity contribution in [3.8, 4) is 0 Å². The SMILES string of the molecule is O=C(Cn1nc(C(=O)Nc2ccccn2)c2ccccc21)Nc1cc(Cl)ccc1Cl. The van der Waals surface area contributed by atoms with E-state index in [0.717, 1.165) is 0 Å². The summed E-state index contributed by atoms with van der Waals surface area (Å²) in [6.45, 7) is -0.111. The van der Waals surface area contributed by atoms with Crippen LogP contribution in [0.15, 0.2) is 66.9 Å². The lowest BCUT2D eigenvalue weighted by molar-refractivity contribution is -0.116. The Hall–Kier alpha value is -3.42. The molecule has 0 aliphatic rings. The van der Waals surface area contributed by atoms with E-state index in [2.05, 4.69) is 20.7 Å². The highest BCUT2D eigenvalue weighted by Crippen LogP contribution is 2.26. The molecule has 150 valence electrons. The Bertz CT molecular complexity index is 1240. The van der Waals surface area contributed by atoms with Crippen LogP contribution >= 0.6 is 23.2 Å². The quantitative estimate of drug-likeness (QED) is 0.474. The molecule has 0 saturated heterocycles. The minimum Gasteiger partial charge on any atom is -0.323 e. The van der Waals surface area contributed by atoms with Gasteiger partial charge in [0.05, 0.1) is 16.2 Å². The van der Waals surface area contributed by atoms with Gasteiger partial charge in [-0.05, 0) is 36.4 Å². The monoisotopic (exact) mass is 439 g/mol. The molecule has 7 nitrogen and oxygen atoms in total. The van der Waals surface area contributed by atoms with Gasteiger partial charge in [0, 0.05) is 16.6 Å². The standard InChI is InChI=1S/C21H15Cl2N5O2/c22-13-8-9-15(23)16(11-13)25-19(29)12-28-17-6-2-1-5-14(17)20(27-28)21(30)26-18-7-3-4-10-24-18/h1-11H,12H2,(H,25,29)(H,24,26,30). The number of aromatic nitrogens is 3. The third-order valence-corrected chi connectivity index (χ3v) is 4.84. The Morgan fingerprint density at radius 1 is 0.967 bits per heavy atom. The Labute approximate surface area is 181 Å².